The van der Waals surface area contributed by atoms with Crippen LogP contribution in [0.1, 0.15) is 29.2 Å². The van der Waals surface area contributed by atoms with Gasteiger partial charge in [-0.25, -0.2) is 13.4 Å². The van der Waals surface area contributed by atoms with Crippen LogP contribution in [-0.2, 0) is 21.3 Å². The van der Waals surface area contributed by atoms with E-state index in [9.17, 15) is 13.2 Å². The monoisotopic (exact) mass is 496 g/mol. The Labute approximate surface area is 199 Å². The van der Waals surface area contributed by atoms with Crippen LogP contribution >= 0.6 is 11.3 Å². The van der Waals surface area contributed by atoms with Gasteiger partial charge in [-0.1, -0.05) is 6.92 Å². The van der Waals surface area contributed by atoms with Crippen molar-refractivity contribution >= 4 is 33.0 Å². The highest BCUT2D eigenvalue weighted by Crippen LogP contribution is 2.27. The lowest BCUT2D eigenvalue weighted by Crippen LogP contribution is -2.46. The number of amides is 1. The van der Waals surface area contributed by atoms with Gasteiger partial charge in [0.25, 0.3) is 5.91 Å². The zero-order chi connectivity index (χ0) is 24.2. The summed E-state index contributed by atoms with van der Waals surface area (Å²) in [6, 6.07) is 4.73. The van der Waals surface area contributed by atoms with E-state index in [0.29, 0.717) is 36.7 Å². The quantitative estimate of drug-likeness (QED) is 0.679. The Morgan fingerprint density at radius 3 is 2.70 bits per heavy atom. The van der Waals surface area contributed by atoms with Gasteiger partial charge in [-0.3, -0.25) is 14.4 Å². The number of hydrogen-bond donors (Lipinski definition) is 1. The van der Waals surface area contributed by atoms with E-state index in [1.807, 2.05) is 5.38 Å². The zero-order valence-electron chi connectivity index (χ0n) is 19.6. The third kappa shape index (κ3) is 6.89. The summed E-state index contributed by atoms with van der Waals surface area (Å²) >= 11 is 1.61. The molecule has 1 aromatic heterocycles. The largest absolute Gasteiger partial charge is 0.491 e. The fraction of sp³-hybridized carbons (Fsp3) is 0.545. The van der Waals surface area contributed by atoms with Crippen molar-refractivity contribution in [3.05, 3.63) is 40.3 Å². The van der Waals surface area contributed by atoms with Crippen molar-refractivity contribution in [1.29, 1.82) is 0 Å². The van der Waals surface area contributed by atoms with Gasteiger partial charge in [0.05, 0.1) is 30.2 Å². The lowest BCUT2D eigenvalue weighted by atomic mass is 10.0. The molecule has 3 rings (SSSR count). The zero-order valence-corrected chi connectivity index (χ0v) is 21.3. The fourth-order valence-corrected chi connectivity index (χ4v) is 5.05. The van der Waals surface area contributed by atoms with Crippen LogP contribution in [0, 0.1) is 5.92 Å². The summed E-state index contributed by atoms with van der Waals surface area (Å²) in [7, 11) is -0.0667. The van der Waals surface area contributed by atoms with Crippen molar-refractivity contribution in [2.24, 2.45) is 5.92 Å². The highest BCUT2D eigenvalue weighted by atomic mass is 32.2. The second-order valence-electron chi connectivity index (χ2n) is 8.54. The predicted molar refractivity (Wildman–Crippen MR) is 129 cm³/mol. The molecule has 2 heterocycles. The summed E-state index contributed by atoms with van der Waals surface area (Å²) < 4.78 is 37.7. The maximum atomic E-state index is 13.2. The first-order valence-electron chi connectivity index (χ1n) is 10.7. The van der Waals surface area contributed by atoms with Crippen LogP contribution in [0.25, 0.3) is 0 Å². The number of carbonyl (C=O) groups excluding carboxylic acids is 1. The molecule has 33 heavy (non-hydrogen) atoms. The number of nitrogens with zero attached hydrogens (tertiary/aromatic N) is 3. The molecule has 1 aliphatic heterocycles. The standard InChI is InChI=1S/C22H32N4O5S2/c1-15-11-26(13-21-23-8-9-32-21)16(2)14-31-19-10-17(24-33(5,28)29)6-7-18(19)22(27)25(3)12-20(15)30-4/h6-10,15-16,20,24H,11-14H2,1-5H3/t15-,16+,20+/m0/s1. The van der Waals surface area contributed by atoms with Gasteiger partial charge in [-0.05, 0) is 25.0 Å². The third-order valence-corrected chi connectivity index (χ3v) is 7.07. The Morgan fingerprint density at radius 2 is 2.06 bits per heavy atom. The number of rotatable bonds is 5. The Hall–Kier alpha value is -2.21. The highest BCUT2D eigenvalue weighted by molar-refractivity contribution is 7.92. The molecule has 182 valence electrons. The maximum absolute atomic E-state index is 13.2. The summed E-state index contributed by atoms with van der Waals surface area (Å²) in [6.45, 7) is 6.35. The van der Waals surface area contributed by atoms with Crippen molar-refractivity contribution in [3.8, 4) is 5.75 Å². The number of benzene rings is 1. The summed E-state index contributed by atoms with van der Waals surface area (Å²) in [5.41, 5.74) is 0.716. The topological polar surface area (TPSA) is 101 Å². The molecule has 0 unspecified atom stereocenters. The second-order valence-corrected chi connectivity index (χ2v) is 11.3. The Morgan fingerprint density at radius 1 is 1.30 bits per heavy atom. The minimum Gasteiger partial charge on any atom is -0.491 e. The van der Waals surface area contributed by atoms with Crippen LogP contribution < -0.4 is 9.46 Å². The van der Waals surface area contributed by atoms with Crippen LogP contribution in [0.3, 0.4) is 0 Å². The number of methoxy groups -OCH3 is 1. The molecule has 0 saturated heterocycles. The molecule has 1 aromatic carbocycles. The number of likely N-dealkylation sites (N-methyl/N-ethyl adjacent to an activating group) is 1. The summed E-state index contributed by atoms with van der Waals surface area (Å²) in [5.74, 6) is 0.287. The number of thiazole rings is 1. The number of sulfonamides is 1. The van der Waals surface area contributed by atoms with Gasteiger partial charge in [0.2, 0.25) is 10.0 Å². The highest BCUT2D eigenvalue weighted by Gasteiger charge is 2.28. The average Bonchev–Trinajstić information content (AvgIpc) is 3.26. The normalized spacial score (nSPS) is 23.2. The molecule has 1 N–H and O–H groups in total. The first kappa shape index (κ1) is 25.4. The van der Waals surface area contributed by atoms with E-state index in [4.69, 9.17) is 9.47 Å². The van der Waals surface area contributed by atoms with Crippen LogP contribution in [0.4, 0.5) is 5.69 Å². The number of fused-ring (bicyclic) bond motifs is 1. The molecule has 0 fully saturated rings. The molecular formula is C22H32N4O5S2. The van der Waals surface area contributed by atoms with Crippen LogP contribution in [0.2, 0.25) is 0 Å². The average molecular weight is 497 g/mol. The van der Waals surface area contributed by atoms with Crippen molar-refractivity contribution in [3.63, 3.8) is 0 Å². The molecule has 0 aliphatic carbocycles. The van der Waals surface area contributed by atoms with Crippen molar-refractivity contribution in [2.45, 2.75) is 32.5 Å². The van der Waals surface area contributed by atoms with Crippen molar-refractivity contribution in [2.75, 3.05) is 44.8 Å². The molecule has 11 heteroatoms. The van der Waals surface area contributed by atoms with E-state index in [1.165, 1.54) is 0 Å². The molecule has 1 aliphatic rings. The Bertz CT molecular complexity index is 1050. The summed E-state index contributed by atoms with van der Waals surface area (Å²) in [4.78, 5) is 21.6. The van der Waals surface area contributed by atoms with E-state index < -0.39 is 10.0 Å². The number of ether oxygens (including phenoxy) is 2. The fourth-order valence-electron chi connectivity index (χ4n) is 3.85. The smallest absolute Gasteiger partial charge is 0.257 e. The number of nitrogens with one attached hydrogen (secondary N) is 1. The maximum Gasteiger partial charge on any atom is 0.257 e. The molecular weight excluding hydrogens is 464 g/mol. The molecule has 0 spiro atoms. The first-order valence-corrected chi connectivity index (χ1v) is 13.5. The van der Waals surface area contributed by atoms with Gasteiger partial charge in [0.15, 0.2) is 0 Å². The molecule has 0 radical (unpaired) electrons. The van der Waals surface area contributed by atoms with Gasteiger partial charge < -0.3 is 14.4 Å². The van der Waals surface area contributed by atoms with E-state index >= 15 is 0 Å². The van der Waals surface area contributed by atoms with Gasteiger partial charge in [-0.15, -0.1) is 11.3 Å². The lowest BCUT2D eigenvalue weighted by molar-refractivity contribution is 0.00921. The minimum absolute atomic E-state index is 0.0143. The van der Waals surface area contributed by atoms with Gasteiger partial charge >= 0.3 is 0 Å². The van der Waals surface area contributed by atoms with Gasteiger partial charge in [0, 0.05) is 50.9 Å². The molecule has 1 amide bonds. The van der Waals surface area contributed by atoms with E-state index in [-0.39, 0.29) is 24.0 Å². The predicted octanol–water partition coefficient (Wildman–Crippen LogP) is 2.52. The minimum atomic E-state index is -3.46. The van der Waals surface area contributed by atoms with Gasteiger partial charge in [-0.2, -0.15) is 0 Å². The van der Waals surface area contributed by atoms with E-state index in [0.717, 1.165) is 17.8 Å². The molecule has 9 nitrogen and oxygen atoms in total. The first-order chi connectivity index (χ1) is 15.6. The van der Waals surface area contributed by atoms with Crippen LogP contribution in [-0.4, -0.2) is 81.4 Å². The molecule has 0 bridgehead atoms. The number of hydrogen-bond acceptors (Lipinski definition) is 8. The SMILES string of the molecule is CO[C@@H]1CN(C)C(=O)c2ccc(NS(C)(=O)=O)cc2OC[C@@H](C)N(Cc2nccs2)C[C@@H]1C. The van der Waals surface area contributed by atoms with Crippen LogP contribution in [0.5, 0.6) is 5.75 Å². The summed E-state index contributed by atoms with van der Waals surface area (Å²) in [6.07, 6.45) is 2.73. The molecule has 3 atom stereocenters. The summed E-state index contributed by atoms with van der Waals surface area (Å²) in [5, 5.41) is 2.98. The van der Waals surface area contributed by atoms with Gasteiger partial charge in [0.1, 0.15) is 17.4 Å². The van der Waals surface area contributed by atoms with E-state index in [2.05, 4.69) is 28.5 Å². The Kier molecular flexibility index (Phi) is 8.33. The lowest BCUT2D eigenvalue weighted by Gasteiger charge is -2.35. The Balaban J connectivity index is 1.96. The van der Waals surface area contributed by atoms with Crippen molar-refractivity contribution < 1.29 is 22.7 Å². The second kappa shape index (κ2) is 10.8. The number of anilines is 1. The molecule has 0 saturated carbocycles. The number of aromatic nitrogens is 1. The molecule has 2 aromatic rings. The van der Waals surface area contributed by atoms with Crippen molar-refractivity contribution in [1.82, 2.24) is 14.8 Å². The third-order valence-electron chi connectivity index (χ3n) is 5.70. The number of carbonyl (C=O) groups is 1. The van der Waals surface area contributed by atoms with E-state index in [1.54, 1.807) is 54.8 Å². The van der Waals surface area contributed by atoms with Crippen LogP contribution in [0.15, 0.2) is 29.8 Å².